The van der Waals surface area contributed by atoms with Gasteiger partial charge in [-0.2, -0.15) is 0 Å². The largest absolute Gasteiger partial charge is 0.350 e. The number of nitrogens with zero attached hydrogens (tertiary/aromatic N) is 3. The molecule has 0 unspecified atom stereocenters. The lowest BCUT2D eigenvalue weighted by molar-refractivity contribution is -0.119. The Morgan fingerprint density at radius 3 is 2.68 bits per heavy atom. The molecule has 4 heterocycles. The van der Waals surface area contributed by atoms with Crippen LogP contribution in [-0.2, 0) is 11.8 Å². The molecule has 1 aliphatic rings. The van der Waals surface area contributed by atoms with Crippen LogP contribution >= 0.6 is 0 Å². The third-order valence-corrected chi connectivity index (χ3v) is 6.05. The third-order valence-electron chi connectivity index (χ3n) is 6.05. The fourth-order valence-electron chi connectivity index (χ4n) is 4.29. The molecule has 5 rings (SSSR count). The molecular formula is C24H20F3N5O2. The number of anilines is 1. The third kappa shape index (κ3) is 3.81. The van der Waals surface area contributed by atoms with Crippen molar-refractivity contribution in [2.75, 3.05) is 18.4 Å². The molecule has 1 saturated heterocycles. The average Bonchev–Trinajstić information content (AvgIpc) is 3.56. The van der Waals surface area contributed by atoms with E-state index in [0.717, 1.165) is 34.4 Å². The number of hydrogen-bond donors (Lipinski definition) is 2. The Kier molecular flexibility index (Phi) is 5.35. The summed E-state index contributed by atoms with van der Waals surface area (Å²) in [6.07, 6.45) is 4.05. The quantitative estimate of drug-likeness (QED) is 0.444. The molecule has 0 radical (unpaired) electrons. The maximum atomic E-state index is 13.4. The monoisotopic (exact) mass is 467 g/mol. The fraction of sp³-hybridized carbons (Fsp3) is 0.208. The zero-order valence-electron chi connectivity index (χ0n) is 18.1. The summed E-state index contributed by atoms with van der Waals surface area (Å²) in [6, 6.07) is 8.77. The molecule has 0 spiro atoms. The highest BCUT2D eigenvalue weighted by Crippen LogP contribution is 2.29. The highest BCUT2D eigenvalue weighted by Gasteiger charge is 2.32. The number of H-pyrrole nitrogens is 1. The Balaban J connectivity index is 1.28. The van der Waals surface area contributed by atoms with Crippen LogP contribution in [0.4, 0.5) is 18.9 Å². The van der Waals surface area contributed by atoms with E-state index in [0.29, 0.717) is 18.7 Å². The molecule has 1 aromatic carbocycles. The number of aromatic nitrogens is 3. The van der Waals surface area contributed by atoms with Crippen LogP contribution < -0.4 is 5.32 Å². The van der Waals surface area contributed by atoms with Crippen LogP contribution in [0.3, 0.4) is 0 Å². The highest BCUT2D eigenvalue weighted by molar-refractivity contribution is 5.97. The van der Waals surface area contributed by atoms with Crippen LogP contribution in [0.2, 0.25) is 0 Å². The summed E-state index contributed by atoms with van der Waals surface area (Å²) in [5, 5.41) is 2.40. The molecule has 174 valence electrons. The molecule has 4 aromatic rings. The predicted molar refractivity (Wildman–Crippen MR) is 119 cm³/mol. The van der Waals surface area contributed by atoms with Gasteiger partial charge in [-0.1, -0.05) is 0 Å². The zero-order chi connectivity index (χ0) is 24.0. The van der Waals surface area contributed by atoms with Crippen molar-refractivity contribution < 1.29 is 22.8 Å². The fourth-order valence-corrected chi connectivity index (χ4v) is 4.29. The lowest BCUT2D eigenvalue weighted by Crippen LogP contribution is -2.31. The second-order valence-electron chi connectivity index (χ2n) is 8.29. The number of pyridine rings is 1. The predicted octanol–water partition coefficient (Wildman–Crippen LogP) is 4.09. The average molecular weight is 467 g/mol. The Morgan fingerprint density at radius 1 is 1.15 bits per heavy atom. The maximum Gasteiger partial charge on any atom is 0.270 e. The Labute approximate surface area is 192 Å². The lowest BCUT2D eigenvalue weighted by atomic mass is 10.1. The SMILES string of the molecule is Cn1cc(-c2ccc(C(=O)N3CC[C@H](C(=O)Nc4cc(F)c(F)c(F)c4)C3)[nH]2)c2ncccc21. The van der Waals surface area contributed by atoms with E-state index >= 15 is 0 Å². The standard InChI is InChI=1S/C24H20F3N5O2/c1-31-12-15(22-20(31)3-2-7-28-22)18-4-5-19(30-18)24(34)32-8-6-13(11-32)23(33)29-14-9-16(25)21(27)17(26)10-14/h2-5,7,9-10,12-13,30H,6,8,11H2,1H3,(H,29,33)/t13-/m0/s1. The van der Waals surface area contributed by atoms with Crippen LogP contribution in [0.5, 0.6) is 0 Å². The summed E-state index contributed by atoms with van der Waals surface area (Å²) in [7, 11) is 1.92. The molecule has 3 aromatic heterocycles. The molecule has 1 atom stereocenters. The van der Waals surface area contributed by atoms with E-state index in [2.05, 4.69) is 15.3 Å². The van der Waals surface area contributed by atoms with Crippen molar-refractivity contribution in [3.8, 4) is 11.3 Å². The summed E-state index contributed by atoms with van der Waals surface area (Å²) in [6.45, 7) is 0.508. The minimum absolute atomic E-state index is 0.154. The zero-order valence-corrected chi connectivity index (χ0v) is 18.1. The van der Waals surface area contributed by atoms with E-state index in [9.17, 15) is 22.8 Å². The van der Waals surface area contributed by atoms with Crippen molar-refractivity contribution in [1.29, 1.82) is 0 Å². The molecule has 7 nitrogen and oxygen atoms in total. The van der Waals surface area contributed by atoms with E-state index in [1.54, 1.807) is 17.2 Å². The van der Waals surface area contributed by atoms with E-state index in [1.807, 2.05) is 36.0 Å². The summed E-state index contributed by atoms with van der Waals surface area (Å²) in [5.41, 5.74) is 3.61. The van der Waals surface area contributed by atoms with Crippen LogP contribution in [0.15, 0.2) is 48.8 Å². The van der Waals surface area contributed by atoms with Crippen molar-refractivity contribution in [3.05, 3.63) is 71.9 Å². The molecule has 0 saturated carbocycles. The summed E-state index contributed by atoms with van der Waals surface area (Å²) in [4.78, 5) is 34.7. The Hall–Kier alpha value is -4.08. The summed E-state index contributed by atoms with van der Waals surface area (Å²) in [5.74, 6) is -5.68. The van der Waals surface area contributed by atoms with Crippen LogP contribution in [-0.4, -0.2) is 44.3 Å². The van der Waals surface area contributed by atoms with Gasteiger partial charge in [0.05, 0.1) is 17.0 Å². The van der Waals surface area contributed by atoms with Crippen LogP contribution in [0.1, 0.15) is 16.9 Å². The van der Waals surface area contributed by atoms with Gasteiger partial charge in [-0.25, -0.2) is 13.2 Å². The first-order valence-electron chi connectivity index (χ1n) is 10.7. The second kappa shape index (κ2) is 8.36. The number of rotatable bonds is 4. The van der Waals surface area contributed by atoms with Crippen molar-refractivity contribution in [3.63, 3.8) is 0 Å². The highest BCUT2D eigenvalue weighted by atomic mass is 19.2. The van der Waals surface area contributed by atoms with Crippen molar-refractivity contribution >= 4 is 28.5 Å². The van der Waals surface area contributed by atoms with Gasteiger partial charge >= 0.3 is 0 Å². The molecule has 34 heavy (non-hydrogen) atoms. The number of aryl methyl sites for hydroxylation is 1. The number of halogens is 3. The number of benzene rings is 1. The first-order chi connectivity index (χ1) is 16.3. The molecule has 0 bridgehead atoms. The van der Waals surface area contributed by atoms with Gasteiger partial charge in [0.15, 0.2) is 17.5 Å². The molecule has 2 amide bonds. The van der Waals surface area contributed by atoms with Gasteiger partial charge in [0.2, 0.25) is 5.91 Å². The number of likely N-dealkylation sites (tertiary alicyclic amines) is 1. The minimum Gasteiger partial charge on any atom is -0.350 e. The summed E-state index contributed by atoms with van der Waals surface area (Å²) < 4.78 is 41.9. The smallest absolute Gasteiger partial charge is 0.270 e. The van der Waals surface area contributed by atoms with Gasteiger partial charge in [0.25, 0.3) is 5.91 Å². The van der Waals surface area contributed by atoms with E-state index < -0.39 is 29.3 Å². The normalized spacial score (nSPS) is 15.8. The number of amides is 2. The van der Waals surface area contributed by atoms with Crippen molar-refractivity contribution in [2.24, 2.45) is 13.0 Å². The van der Waals surface area contributed by atoms with Crippen LogP contribution in [0, 0.1) is 23.4 Å². The first-order valence-corrected chi connectivity index (χ1v) is 10.7. The van der Waals surface area contributed by atoms with E-state index in [-0.39, 0.29) is 18.1 Å². The molecule has 2 N–H and O–H groups in total. The second-order valence-corrected chi connectivity index (χ2v) is 8.29. The topological polar surface area (TPSA) is 83.0 Å². The number of hydrogen-bond acceptors (Lipinski definition) is 3. The summed E-state index contributed by atoms with van der Waals surface area (Å²) >= 11 is 0. The number of carbonyl (C=O) groups excluding carboxylic acids is 2. The molecule has 1 aliphatic heterocycles. The van der Waals surface area contributed by atoms with Gasteiger partial charge in [-0.3, -0.25) is 14.6 Å². The van der Waals surface area contributed by atoms with Gasteiger partial charge in [0.1, 0.15) is 5.69 Å². The van der Waals surface area contributed by atoms with Gasteiger partial charge in [-0.15, -0.1) is 0 Å². The Morgan fingerprint density at radius 2 is 1.91 bits per heavy atom. The molecule has 0 aliphatic carbocycles. The van der Waals surface area contributed by atoms with Crippen molar-refractivity contribution in [1.82, 2.24) is 19.4 Å². The molecular weight excluding hydrogens is 447 g/mol. The number of nitrogens with one attached hydrogen (secondary N) is 2. The molecule has 1 fully saturated rings. The first kappa shape index (κ1) is 21.7. The lowest BCUT2D eigenvalue weighted by Gasteiger charge is -2.16. The number of fused-ring (bicyclic) bond motifs is 1. The van der Waals surface area contributed by atoms with E-state index in [1.165, 1.54) is 0 Å². The number of carbonyl (C=O) groups is 2. The van der Waals surface area contributed by atoms with Gasteiger partial charge < -0.3 is 19.8 Å². The van der Waals surface area contributed by atoms with E-state index in [4.69, 9.17) is 0 Å². The molecule has 10 heteroatoms. The maximum absolute atomic E-state index is 13.4. The van der Waals surface area contributed by atoms with Crippen LogP contribution in [0.25, 0.3) is 22.3 Å². The minimum atomic E-state index is -1.60. The Bertz CT molecular complexity index is 1400. The van der Waals surface area contributed by atoms with Gasteiger partial charge in [0, 0.05) is 61.6 Å². The van der Waals surface area contributed by atoms with Crippen molar-refractivity contribution in [2.45, 2.75) is 6.42 Å². The van der Waals surface area contributed by atoms with Gasteiger partial charge in [-0.05, 0) is 30.7 Å². The number of aromatic amines is 1.